The fourth-order valence-electron chi connectivity index (χ4n) is 4.05. The summed E-state index contributed by atoms with van der Waals surface area (Å²) in [7, 11) is 0. The van der Waals surface area contributed by atoms with Crippen LogP contribution in [0.4, 0.5) is 0 Å². The van der Waals surface area contributed by atoms with Crippen molar-refractivity contribution in [3.63, 3.8) is 0 Å². The van der Waals surface area contributed by atoms with Crippen LogP contribution in [0.1, 0.15) is 47.5 Å². The Morgan fingerprint density at radius 3 is 1.94 bits per heavy atom. The third kappa shape index (κ3) is 0.965. The molecule has 2 bridgehead atoms. The first-order valence-electron chi connectivity index (χ1n) is 6.35. The Balaban J connectivity index is 2.71. The number of hydrogen-bond acceptors (Lipinski definition) is 0. The van der Waals surface area contributed by atoms with Crippen LogP contribution in [0, 0.1) is 16.2 Å². The Morgan fingerprint density at radius 2 is 1.50 bits per heavy atom. The first-order chi connectivity index (χ1) is 7.35. The molecule has 0 saturated heterocycles. The molecule has 2 unspecified atom stereocenters. The summed E-state index contributed by atoms with van der Waals surface area (Å²) in [4.78, 5) is 0. The van der Waals surface area contributed by atoms with Crippen molar-refractivity contribution in [1.82, 2.24) is 0 Å². The third-order valence-electron chi connectivity index (χ3n) is 5.90. The Kier molecular flexibility index (Phi) is 2.28. The van der Waals surface area contributed by atoms with Gasteiger partial charge in [0.2, 0.25) is 0 Å². The van der Waals surface area contributed by atoms with Crippen LogP contribution < -0.4 is 0 Å². The molecule has 2 aliphatic rings. The summed E-state index contributed by atoms with van der Waals surface area (Å²) < 4.78 is 0. The van der Waals surface area contributed by atoms with E-state index < -0.39 is 0 Å². The monoisotopic (exact) mass is 216 g/mol. The summed E-state index contributed by atoms with van der Waals surface area (Å²) in [6.45, 7) is 15.9. The second-order valence-electron chi connectivity index (χ2n) is 6.32. The van der Waals surface area contributed by atoms with Crippen molar-refractivity contribution in [3.8, 4) is 0 Å². The average molecular weight is 216 g/mol. The summed E-state index contributed by atoms with van der Waals surface area (Å²) in [5.74, 6) is 0. The fourth-order valence-corrected chi connectivity index (χ4v) is 4.05. The molecular formula is C16H24. The molecule has 0 aromatic heterocycles. The minimum absolute atomic E-state index is 0.318. The quantitative estimate of drug-likeness (QED) is 0.616. The van der Waals surface area contributed by atoms with Gasteiger partial charge in [-0.25, -0.2) is 0 Å². The van der Waals surface area contributed by atoms with Crippen molar-refractivity contribution in [1.29, 1.82) is 0 Å². The predicted molar refractivity (Wildman–Crippen MR) is 71.3 cm³/mol. The van der Waals surface area contributed by atoms with Gasteiger partial charge in [0.25, 0.3) is 0 Å². The maximum atomic E-state index is 4.04. The maximum absolute atomic E-state index is 4.04. The van der Waals surface area contributed by atoms with Crippen LogP contribution in [0.5, 0.6) is 0 Å². The third-order valence-corrected chi connectivity index (χ3v) is 5.90. The first-order valence-corrected chi connectivity index (χ1v) is 6.35. The molecule has 0 nitrogen and oxygen atoms in total. The van der Waals surface area contributed by atoms with E-state index in [1.54, 1.807) is 0 Å². The first kappa shape index (κ1) is 11.7. The van der Waals surface area contributed by atoms with Crippen molar-refractivity contribution < 1.29 is 0 Å². The highest BCUT2D eigenvalue weighted by Crippen LogP contribution is 2.74. The van der Waals surface area contributed by atoms with E-state index in [1.165, 1.54) is 24.0 Å². The lowest BCUT2D eigenvalue weighted by Gasteiger charge is -2.41. The number of allylic oxidation sites excluding steroid dienone is 5. The van der Waals surface area contributed by atoms with E-state index in [9.17, 15) is 0 Å². The average Bonchev–Trinajstić information content (AvgIpc) is 2.47. The van der Waals surface area contributed by atoms with E-state index in [2.05, 4.69) is 59.4 Å². The minimum atomic E-state index is 0.318. The van der Waals surface area contributed by atoms with Crippen molar-refractivity contribution >= 4 is 0 Å². The van der Waals surface area contributed by atoms with Crippen LogP contribution in [-0.2, 0) is 0 Å². The summed E-state index contributed by atoms with van der Waals surface area (Å²) in [6, 6.07) is 0. The van der Waals surface area contributed by atoms with Crippen LogP contribution in [0.15, 0.2) is 36.0 Å². The molecule has 0 aliphatic heterocycles. The van der Waals surface area contributed by atoms with Crippen LogP contribution in [0.3, 0.4) is 0 Å². The molecule has 0 aromatic carbocycles. The van der Waals surface area contributed by atoms with Crippen LogP contribution >= 0.6 is 0 Å². The molecule has 88 valence electrons. The zero-order valence-electron chi connectivity index (χ0n) is 11.4. The normalized spacial score (nSPS) is 41.1. The second kappa shape index (κ2) is 3.12. The van der Waals surface area contributed by atoms with Crippen LogP contribution in [-0.4, -0.2) is 0 Å². The molecule has 2 atom stereocenters. The number of fused-ring (bicyclic) bond motifs is 2. The SMILES string of the molecule is C=CC1=C(/C=C\C)C2(C)CCC1(C)C2(C)C. The Labute approximate surface area is 100 Å². The minimum Gasteiger partial charge on any atom is -0.0988 e. The van der Waals surface area contributed by atoms with E-state index in [0.717, 1.165) is 0 Å². The van der Waals surface area contributed by atoms with Gasteiger partial charge >= 0.3 is 0 Å². The van der Waals surface area contributed by atoms with Gasteiger partial charge in [-0.05, 0) is 47.2 Å². The molecular weight excluding hydrogens is 192 g/mol. The van der Waals surface area contributed by atoms with Crippen LogP contribution in [0.25, 0.3) is 0 Å². The van der Waals surface area contributed by atoms with E-state index in [4.69, 9.17) is 0 Å². The maximum Gasteiger partial charge on any atom is -0.00126 e. The molecule has 0 heteroatoms. The van der Waals surface area contributed by atoms with Gasteiger partial charge in [-0.15, -0.1) is 0 Å². The smallest absolute Gasteiger partial charge is 0.00126 e. The van der Waals surface area contributed by atoms with E-state index in [0.29, 0.717) is 16.2 Å². The molecule has 1 saturated carbocycles. The molecule has 0 radical (unpaired) electrons. The molecule has 0 spiro atoms. The molecule has 0 heterocycles. The number of hydrogen-bond donors (Lipinski definition) is 0. The lowest BCUT2D eigenvalue weighted by molar-refractivity contribution is 0.112. The van der Waals surface area contributed by atoms with Gasteiger partial charge in [0, 0.05) is 0 Å². The molecule has 2 aliphatic carbocycles. The summed E-state index contributed by atoms with van der Waals surface area (Å²) in [5, 5.41) is 0. The molecule has 2 rings (SSSR count). The Bertz CT molecular complexity index is 394. The van der Waals surface area contributed by atoms with Gasteiger partial charge in [-0.2, -0.15) is 0 Å². The van der Waals surface area contributed by atoms with Crippen molar-refractivity contribution in [2.75, 3.05) is 0 Å². The molecule has 16 heavy (non-hydrogen) atoms. The van der Waals surface area contributed by atoms with E-state index in [-0.39, 0.29) is 0 Å². The molecule has 0 amide bonds. The largest absolute Gasteiger partial charge is 0.0988 e. The second-order valence-corrected chi connectivity index (χ2v) is 6.32. The van der Waals surface area contributed by atoms with Gasteiger partial charge < -0.3 is 0 Å². The summed E-state index contributed by atoms with van der Waals surface area (Å²) >= 11 is 0. The summed E-state index contributed by atoms with van der Waals surface area (Å²) in [6.07, 6.45) is 9.20. The van der Waals surface area contributed by atoms with E-state index in [1.807, 2.05) is 0 Å². The Hall–Kier alpha value is -0.780. The molecule has 0 aromatic rings. The standard InChI is InChI=1S/C16H24/c1-7-9-13-12(8-2)15(5)10-11-16(13,6)14(15,3)4/h7-9H,2,10-11H2,1,3-6H3/b9-7-. The highest BCUT2D eigenvalue weighted by Gasteiger charge is 2.65. The lowest BCUT2D eigenvalue weighted by Crippen LogP contribution is -2.34. The van der Waals surface area contributed by atoms with Gasteiger partial charge in [0.15, 0.2) is 0 Å². The lowest BCUT2D eigenvalue weighted by atomic mass is 9.63. The van der Waals surface area contributed by atoms with Gasteiger partial charge in [-0.3, -0.25) is 0 Å². The summed E-state index contributed by atoms with van der Waals surface area (Å²) in [5.41, 5.74) is 4.02. The number of rotatable bonds is 2. The zero-order valence-corrected chi connectivity index (χ0v) is 11.4. The van der Waals surface area contributed by atoms with Crippen LogP contribution in [0.2, 0.25) is 0 Å². The van der Waals surface area contributed by atoms with Gasteiger partial charge in [0.1, 0.15) is 0 Å². The predicted octanol–water partition coefficient (Wildman–Crippen LogP) is 4.89. The molecule has 0 N–H and O–H groups in total. The highest BCUT2D eigenvalue weighted by molar-refractivity contribution is 5.52. The van der Waals surface area contributed by atoms with Crippen molar-refractivity contribution in [3.05, 3.63) is 36.0 Å². The van der Waals surface area contributed by atoms with Crippen molar-refractivity contribution in [2.24, 2.45) is 16.2 Å². The Morgan fingerprint density at radius 1 is 1.00 bits per heavy atom. The van der Waals surface area contributed by atoms with Crippen molar-refractivity contribution in [2.45, 2.75) is 47.5 Å². The highest BCUT2D eigenvalue weighted by atomic mass is 14.7. The van der Waals surface area contributed by atoms with Gasteiger partial charge in [0.05, 0.1) is 0 Å². The van der Waals surface area contributed by atoms with E-state index >= 15 is 0 Å². The fraction of sp³-hybridized carbons (Fsp3) is 0.625. The topological polar surface area (TPSA) is 0 Å². The molecule has 1 fully saturated rings. The van der Waals surface area contributed by atoms with Gasteiger partial charge in [-0.1, -0.05) is 52.5 Å². The zero-order chi connectivity index (χ0) is 12.2.